The molecule has 3 aromatic carbocycles. The highest BCUT2D eigenvalue weighted by molar-refractivity contribution is 7.48. The second-order valence-electron chi connectivity index (χ2n) is 9.10. The first-order valence-electron chi connectivity index (χ1n) is 12.2. The molecule has 1 fully saturated rings. The molecule has 0 saturated carbocycles. The smallest absolute Gasteiger partial charge is 0.342 e. The number of hydrogen-bond acceptors (Lipinski definition) is 8. The minimum atomic E-state index is -4.06. The Morgan fingerprint density at radius 3 is 1.74 bits per heavy atom. The number of amides is 1. The van der Waals surface area contributed by atoms with E-state index < -0.39 is 31.7 Å². The molecular weight excluding hydrogens is 509 g/mol. The van der Waals surface area contributed by atoms with Crippen LogP contribution in [0.5, 0.6) is 0 Å². The van der Waals surface area contributed by atoms with Crippen LogP contribution >= 0.6 is 7.82 Å². The van der Waals surface area contributed by atoms with E-state index in [4.69, 9.17) is 27.9 Å². The predicted molar refractivity (Wildman–Crippen MR) is 139 cm³/mol. The van der Waals surface area contributed by atoms with E-state index in [1.807, 2.05) is 91.0 Å². The van der Waals surface area contributed by atoms with Crippen LogP contribution in [0.3, 0.4) is 0 Å². The summed E-state index contributed by atoms with van der Waals surface area (Å²) in [6, 6.07) is 27.9. The molecule has 1 saturated heterocycles. The SMILES string of the molecule is CC1(C)O[C@H](COP(=O)(OCc2ccccc2)OCc2ccccc2)[C@H](C(=O)NOCc2ccccc2)O1. The molecule has 1 N–H and O–H groups in total. The van der Waals surface area contributed by atoms with Gasteiger partial charge in [-0.15, -0.1) is 0 Å². The second-order valence-corrected chi connectivity index (χ2v) is 10.8. The van der Waals surface area contributed by atoms with E-state index in [0.29, 0.717) is 0 Å². The molecule has 0 spiro atoms. The zero-order chi connectivity index (χ0) is 26.8. The summed E-state index contributed by atoms with van der Waals surface area (Å²) in [5, 5.41) is 0. The maximum atomic E-state index is 13.6. The monoisotopic (exact) mass is 541 g/mol. The molecule has 10 heteroatoms. The lowest BCUT2D eigenvalue weighted by atomic mass is 10.2. The summed E-state index contributed by atoms with van der Waals surface area (Å²) in [5.41, 5.74) is 4.89. The molecule has 202 valence electrons. The first-order chi connectivity index (χ1) is 18.3. The number of benzene rings is 3. The van der Waals surface area contributed by atoms with E-state index in [0.717, 1.165) is 16.7 Å². The number of hydroxylamine groups is 1. The van der Waals surface area contributed by atoms with Crippen LogP contribution in [0.4, 0.5) is 0 Å². The Bertz CT molecular complexity index is 1150. The number of rotatable bonds is 13. The van der Waals surface area contributed by atoms with Crippen molar-refractivity contribution >= 4 is 13.7 Å². The predicted octanol–water partition coefficient (Wildman–Crippen LogP) is 5.31. The maximum Gasteiger partial charge on any atom is 0.475 e. The summed E-state index contributed by atoms with van der Waals surface area (Å²) in [5.74, 6) is -1.62. The summed E-state index contributed by atoms with van der Waals surface area (Å²) >= 11 is 0. The van der Waals surface area contributed by atoms with Gasteiger partial charge in [-0.1, -0.05) is 91.0 Å². The van der Waals surface area contributed by atoms with Crippen molar-refractivity contribution in [3.8, 4) is 0 Å². The van der Waals surface area contributed by atoms with Gasteiger partial charge in [-0.05, 0) is 30.5 Å². The van der Waals surface area contributed by atoms with Crippen LogP contribution in [0.2, 0.25) is 0 Å². The van der Waals surface area contributed by atoms with Gasteiger partial charge >= 0.3 is 7.82 Å². The van der Waals surface area contributed by atoms with Crippen molar-refractivity contribution in [1.82, 2.24) is 5.48 Å². The van der Waals surface area contributed by atoms with Crippen LogP contribution in [-0.2, 0) is 57.1 Å². The minimum Gasteiger partial charge on any atom is -0.342 e. The lowest BCUT2D eigenvalue weighted by molar-refractivity contribution is -0.163. The van der Waals surface area contributed by atoms with Gasteiger partial charge in [-0.2, -0.15) is 0 Å². The molecule has 1 aliphatic rings. The van der Waals surface area contributed by atoms with Crippen molar-refractivity contribution in [2.24, 2.45) is 0 Å². The highest BCUT2D eigenvalue weighted by Crippen LogP contribution is 2.51. The molecule has 2 atom stereocenters. The zero-order valence-corrected chi connectivity index (χ0v) is 22.3. The van der Waals surface area contributed by atoms with Crippen LogP contribution in [0, 0.1) is 0 Å². The molecule has 0 bridgehead atoms. The third-order valence-corrected chi connectivity index (χ3v) is 6.91. The van der Waals surface area contributed by atoms with Crippen LogP contribution in [0.15, 0.2) is 91.0 Å². The highest BCUT2D eigenvalue weighted by atomic mass is 31.2. The summed E-state index contributed by atoms with van der Waals surface area (Å²) in [6.07, 6.45) is -1.96. The molecule has 3 aromatic rings. The van der Waals surface area contributed by atoms with Gasteiger partial charge in [0.05, 0.1) is 26.4 Å². The standard InChI is InChI=1S/C28H32NO8P/c1-28(2)36-25(26(37-28)27(30)29-32-18-22-12-6-3-7-13-22)21-35-38(31,33-19-23-14-8-4-9-15-23)34-20-24-16-10-5-11-17-24/h3-17,25-26H,18-21H2,1-2H3,(H,29,30)/t25-,26-/m1/s1. The Kier molecular flexibility index (Phi) is 9.82. The molecule has 0 radical (unpaired) electrons. The van der Waals surface area contributed by atoms with Gasteiger partial charge in [-0.3, -0.25) is 23.2 Å². The first kappa shape index (κ1) is 28.1. The van der Waals surface area contributed by atoms with Gasteiger partial charge < -0.3 is 9.47 Å². The maximum absolute atomic E-state index is 13.6. The number of nitrogens with one attached hydrogen (secondary N) is 1. The number of carbonyl (C=O) groups excluding carboxylic acids is 1. The quantitative estimate of drug-likeness (QED) is 0.229. The van der Waals surface area contributed by atoms with Crippen LogP contribution in [-0.4, -0.2) is 30.5 Å². The van der Waals surface area contributed by atoms with Gasteiger partial charge in [0.15, 0.2) is 11.9 Å². The van der Waals surface area contributed by atoms with E-state index in [2.05, 4.69) is 5.48 Å². The summed E-state index contributed by atoms with van der Waals surface area (Å²) in [7, 11) is -4.06. The topological polar surface area (TPSA) is 102 Å². The van der Waals surface area contributed by atoms with E-state index in [1.165, 1.54) is 0 Å². The Morgan fingerprint density at radius 2 is 1.24 bits per heavy atom. The third kappa shape index (κ3) is 8.58. The average Bonchev–Trinajstić information content (AvgIpc) is 3.26. The van der Waals surface area contributed by atoms with E-state index in [1.54, 1.807) is 13.8 Å². The van der Waals surface area contributed by atoms with Crippen molar-refractivity contribution in [3.05, 3.63) is 108 Å². The van der Waals surface area contributed by atoms with Crippen LogP contribution in [0.25, 0.3) is 0 Å². The largest absolute Gasteiger partial charge is 0.475 e. The van der Waals surface area contributed by atoms with Gasteiger partial charge in [0.25, 0.3) is 5.91 Å². The molecule has 0 aromatic heterocycles. The third-order valence-electron chi connectivity index (χ3n) is 5.56. The minimum absolute atomic E-state index is 0.0116. The average molecular weight is 542 g/mol. The number of ether oxygens (including phenoxy) is 2. The van der Waals surface area contributed by atoms with Crippen molar-refractivity contribution < 1.29 is 37.2 Å². The Morgan fingerprint density at radius 1 is 0.763 bits per heavy atom. The van der Waals surface area contributed by atoms with Crippen LogP contribution < -0.4 is 5.48 Å². The fourth-order valence-corrected chi connectivity index (χ4v) is 4.90. The Balaban J connectivity index is 1.38. The Labute approximate surface area is 222 Å². The molecule has 0 aliphatic carbocycles. The van der Waals surface area contributed by atoms with Gasteiger partial charge in [0.2, 0.25) is 0 Å². The molecule has 1 aliphatic heterocycles. The number of hydrogen-bond donors (Lipinski definition) is 1. The molecular formula is C28H32NO8P. The van der Waals surface area contributed by atoms with Crippen molar-refractivity contribution in [2.45, 2.75) is 51.7 Å². The fraction of sp³-hybridized carbons (Fsp3) is 0.321. The van der Waals surface area contributed by atoms with Crippen molar-refractivity contribution in [2.75, 3.05) is 6.61 Å². The Hall–Kier alpha value is -2.88. The van der Waals surface area contributed by atoms with Crippen LogP contribution in [0.1, 0.15) is 30.5 Å². The van der Waals surface area contributed by atoms with Crippen molar-refractivity contribution in [3.63, 3.8) is 0 Å². The van der Waals surface area contributed by atoms with E-state index in [9.17, 15) is 9.36 Å². The molecule has 0 unspecified atom stereocenters. The van der Waals surface area contributed by atoms with Gasteiger partial charge in [0.1, 0.15) is 6.10 Å². The molecule has 4 rings (SSSR count). The fourth-order valence-electron chi connectivity index (χ4n) is 3.73. The van der Waals surface area contributed by atoms with E-state index in [-0.39, 0.29) is 26.4 Å². The number of carbonyl (C=O) groups is 1. The number of phosphoric ester groups is 1. The molecule has 38 heavy (non-hydrogen) atoms. The van der Waals surface area contributed by atoms with Gasteiger partial charge in [0, 0.05) is 0 Å². The number of phosphoric acid groups is 1. The zero-order valence-electron chi connectivity index (χ0n) is 21.4. The van der Waals surface area contributed by atoms with E-state index >= 15 is 0 Å². The normalized spacial score (nSPS) is 18.8. The molecule has 9 nitrogen and oxygen atoms in total. The molecule has 1 heterocycles. The first-order valence-corrected chi connectivity index (χ1v) is 13.7. The summed E-state index contributed by atoms with van der Waals surface area (Å²) in [6.45, 7) is 3.28. The van der Waals surface area contributed by atoms with Crippen molar-refractivity contribution in [1.29, 1.82) is 0 Å². The highest BCUT2D eigenvalue weighted by Gasteiger charge is 2.46. The summed E-state index contributed by atoms with van der Waals surface area (Å²) < 4.78 is 42.2. The molecule has 1 amide bonds. The second kappa shape index (κ2) is 13.3. The lowest BCUT2D eigenvalue weighted by Crippen LogP contribution is -2.42. The van der Waals surface area contributed by atoms with Gasteiger partial charge in [-0.25, -0.2) is 10.0 Å². The lowest BCUT2D eigenvalue weighted by Gasteiger charge is -2.22. The summed E-state index contributed by atoms with van der Waals surface area (Å²) in [4.78, 5) is 18.2.